The van der Waals surface area contributed by atoms with Crippen molar-refractivity contribution in [3.63, 3.8) is 0 Å². The molecule has 1 saturated carbocycles. The molecule has 3 rings (SSSR count). The van der Waals surface area contributed by atoms with Crippen molar-refractivity contribution in [2.45, 2.75) is 39.0 Å². The molecule has 6 heteroatoms. The van der Waals surface area contributed by atoms with Gasteiger partial charge in [-0.25, -0.2) is 4.39 Å². The van der Waals surface area contributed by atoms with Gasteiger partial charge in [-0.2, -0.15) is 0 Å². The second-order valence-corrected chi connectivity index (χ2v) is 7.30. The average molecular weight is 361 g/mol. The number of anilines is 1. The van der Waals surface area contributed by atoms with Crippen molar-refractivity contribution < 1.29 is 14.0 Å². The topological polar surface area (TPSA) is 52.7 Å². The first-order valence-electron chi connectivity index (χ1n) is 9.65. The Morgan fingerprint density at radius 1 is 1.08 bits per heavy atom. The number of nitrogens with one attached hydrogen (secondary N) is 1. The number of nitrogens with zero attached hydrogens (tertiary/aromatic N) is 2. The van der Waals surface area contributed by atoms with Gasteiger partial charge in [-0.15, -0.1) is 0 Å². The summed E-state index contributed by atoms with van der Waals surface area (Å²) in [7, 11) is 0. The fourth-order valence-corrected chi connectivity index (χ4v) is 3.53. The van der Waals surface area contributed by atoms with Crippen LogP contribution in [0.25, 0.3) is 0 Å². The molecule has 0 spiro atoms. The fourth-order valence-electron chi connectivity index (χ4n) is 3.53. The molecule has 0 aromatic heterocycles. The minimum Gasteiger partial charge on any atom is -0.368 e. The lowest BCUT2D eigenvalue weighted by Gasteiger charge is -2.37. The van der Waals surface area contributed by atoms with E-state index in [-0.39, 0.29) is 17.6 Å². The zero-order valence-corrected chi connectivity index (χ0v) is 15.5. The summed E-state index contributed by atoms with van der Waals surface area (Å²) in [4.78, 5) is 29.3. The quantitative estimate of drug-likeness (QED) is 0.600. The highest BCUT2D eigenvalue weighted by atomic mass is 19.1. The Hall–Kier alpha value is -2.11. The third-order valence-corrected chi connectivity index (χ3v) is 5.42. The lowest BCUT2D eigenvalue weighted by molar-refractivity contribution is -0.144. The lowest BCUT2D eigenvalue weighted by Crippen LogP contribution is -2.53. The lowest BCUT2D eigenvalue weighted by atomic mass is 10.0. The number of unbranched alkanes of at least 4 members (excludes halogenated alkanes) is 2. The molecule has 1 N–H and O–H groups in total. The van der Waals surface area contributed by atoms with E-state index in [2.05, 4.69) is 17.1 Å². The Bertz CT molecular complexity index is 635. The summed E-state index contributed by atoms with van der Waals surface area (Å²) >= 11 is 0. The first-order valence-corrected chi connectivity index (χ1v) is 9.65. The second-order valence-electron chi connectivity index (χ2n) is 7.30. The fraction of sp³-hybridized carbons (Fsp3) is 0.600. The van der Waals surface area contributed by atoms with Crippen LogP contribution < -0.4 is 10.2 Å². The molecule has 0 unspecified atom stereocenters. The standard InChI is InChI=1S/C20H28FN3O2/c1-2-3-4-11-22-18(25)20(9-10-20)19(26)24-14-12-23(13-15-24)17-7-5-16(21)6-8-17/h5-8H,2-4,9-15H2,1H3,(H,22,25). The third kappa shape index (κ3) is 4.00. The van der Waals surface area contributed by atoms with Crippen LogP contribution >= 0.6 is 0 Å². The van der Waals surface area contributed by atoms with Crippen LogP contribution in [0.2, 0.25) is 0 Å². The first-order chi connectivity index (χ1) is 12.6. The van der Waals surface area contributed by atoms with E-state index < -0.39 is 5.41 Å². The number of rotatable bonds is 7. The number of carbonyl (C=O) groups is 2. The maximum absolute atomic E-state index is 13.1. The molecule has 1 aromatic rings. The van der Waals surface area contributed by atoms with Gasteiger partial charge in [0, 0.05) is 38.4 Å². The van der Waals surface area contributed by atoms with Crippen molar-refractivity contribution in [1.82, 2.24) is 10.2 Å². The molecule has 1 aromatic carbocycles. The summed E-state index contributed by atoms with van der Waals surface area (Å²) in [5.41, 5.74) is 0.151. The van der Waals surface area contributed by atoms with Crippen molar-refractivity contribution in [2.24, 2.45) is 5.41 Å². The molecule has 1 saturated heterocycles. The van der Waals surface area contributed by atoms with Gasteiger partial charge in [0.15, 0.2) is 0 Å². The number of hydrogen-bond donors (Lipinski definition) is 1. The zero-order valence-electron chi connectivity index (χ0n) is 15.5. The maximum atomic E-state index is 13.1. The number of hydrogen-bond acceptors (Lipinski definition) is 3. The number of halogens is 1. The van der Waals surface area contributed by atoms with Gasteiger partial charge >= 0.3 is 0 Å². The average Bonchev–Trinajstić information content (AvgIpc) is 3.47. The molecular formula is C20H28FN3O2. The summed E-state index contributed by atoms with van der Waals surface area (Å²) in [5, 5.41) is 2.95. The summed E-state index contributed by atoms with van der Waals surface area (Å²) < 4.78 is 13.1. The van der Waals surface area contributed by atoms with Crippen LogP contribution in [0.4, 0.5) is 10.1 Å². The van der Waals surface area contributed by atoms with Gasteiger partial charge in [-0.1, -0.05) is 19.8 Å². The smallest absolute Gasteiger partial charge is 0.238 e. The molecule has 2 aliphatic rings. The highest BCUT2D eigenvalue weighted by molar-refractivity contribution is 6.07. The Morgan fingerprint density at radius 2 is 1.73 bits per heavy atom. The van der Waals surface area contributed by atoms with Crippen molar-refractivity contribution in [1.29, 1.82) is 0 Å². The number of benzene rings is 1. The molecule has 142 valence electrons. The van der Waals surface area contributed by atoms with Crippen LogP contribution in [0.15, 0.2) is 24.3 Å². The summed E-state index contributed by atoms with van der Waals surface area (Å²) in [6, 6.07) is 6.43. The van der Waals surface area contributed by atoms with Crippen LogP contribution in [0, 0.1) is 11.2 Å². The van der Waals surface area contributed by atoms with Gasteiger partial charge < -0.3 is 15.1 Å². The minimum absolute atomic E-state index is 0.0238. The first kappa shape index (κ1) is 18.7. The van der Waals surface area contributed by atoms with Crippen LogP contribution in [0.1, 0.15) is 39.0 Å². The molecule has 0 radical (unpaired) electrons. The highest BCUT2D eigenvalue weighted by Crippen LogP contribution is 2.47. The summed E-state index contributed by atoms with van der Waals surface area (Å²) in [6.45, 7) is 5.37. The molecule has 0 bridgehead atoms. The molecule has 1 aliphatic carbocycles. The molecule has 2 amide bonds. The van der Waals surface area contributed by atoms with Gasteiger partial charge in [0.2, 0.25) is 11.8 Å². The van der Waals surface area contributed by atoms with E-state index in [1.165, 1.54) is 12.1 Å². The van der Waals surface area contributed by atoms with Crippen molar-refractivity contribution >= 4 is 17.5 Å². The van der Waals surface area contributed by atoms with E-state index in [0.717, 1.165) is 24.9 Å². The van der Waals surface area contributed by atoms with E-state index in [4.69, 9.17) is 0 Å². The molecule has 5 nitrogen and oxygen atoms in total. The van der Waals surface area contributed by atoms with Crippen molar-refractivity contribution in [3.05, 3.63) is 30.1 Å². The molecule has 1 aliphatic heterocycles. The molecule has 2 fully saturated rings. The predicted molar refractivity (Wildman–Crippen MR) is 99.4 cm³/mol. The number of carbonyl (C=O) groups excluding carboxylic acids is 2. The normalized spacial score (nSPS) is 18.5. The Labute approximate surface area is 154 Å². The molecule has 1 heterocycles. The Kier molecular flexibility index (Phi) is 5.79. The van der Waals surface area contributed by atoms with E-state index in [9.17, 15) is 14.0 Å². The van der Waals surface area contributed by atoms with Gasteiger partial charge in [-0.05, 0) is 43.5 Å². The number of amides is 2. The van der Waals surface area contributed by atoms with Gasteiger partial charge in [-0.3, -0.25) is 9.59 Å². The zero-order chi connectivity index (χ0) is 18.6. The number of piperazine rings is 1. The molecule has 26 heavy (non-hydrogen) atoms. The van der Waals surface area contributed by atoms with Crippen molar-refractivity contribution in [2.75, 3.05) is 37.6 Å². The maximum Gasteiger partial charge on any atom is 0.238 e. The molecule has 0 atom stereocenters. The van der Waals surface area contributed by atoms with Crippen LogP contribution in [-0.4, -0.2) is 49.4 Å². The largest absolute Gasteiger partial charge is 0.368 e. The predicted octanol–water partition coefficient (Wildman–Crippen LogP) is 2.56. The SMILES string of the molecule is CCCCCNC(=O)C1(C(=O)N2CCN(c3ccc(F)cc3)CC2)CC1. The van der Waals surface area contributed by atoms with E-state index >= 15 is 0 Å². The van der Waals surface area contributed by atoms with Crippen molar-refractivity contribution in [3.8, 4) is 0 Å². The monoisotopic (exact) mass is 361 g/mol. The van der Waals surface area contributed by atoms with Crippen LogP contribution in [-0.2, 0) is 9.59 Å². The third-order valence-electron chi connectivity index (χ3n) is 5.42. The highest BCUT2D eigenvalue weighted by Gasteiger charge is 2.57. The summed E-state index contributed by atoms with van der Waals surface area (Å²) in [5.74, 6) is -0.369. The van der Waals surface area contributed by atoms with Gasteiger partial charge in [0.05, 0.1) is 0 Å². The van der Waals surface area contributed by atoms with Crippen LogP contribution in [0.5, 0.6) is 0 Å². The van der Waals surface area contributed by atoms with Crippen LogP contribution in [0.3, 0.4) is 0 Å². The second kappa shape index (κ2) is 8.06. The molecular weight excluding hydrogens is 333 g/mol. The van der Waals surface area contributed by atoms with E-state index in [1.54, 1.807) is 12.1 Å². The van der Waals surface area contributed by atoms with Gasteiger partial charge in [0.25, 0.3) is 0 Å². The Balaban J connectivity index is 1.51. The van der Waals surface area contributed by atoms with E-state index in [0.29, 0.717) is 45.6 Å². The minimum atomic E-state index is -0.815. The Morgan fingerprint density at radius 3 is 2.31 bits per heavy atom. The summed E-state index contributed by atoms with van der Waals surface area (Å²) in [6.07, 6.45) is 4.47. The van der Waals surface area contributed by atoms with Gasteiger partial charge in [0.1, 0.15) is 11.2 Å². The van der Waals surface area contributed by atoms with E-state index in [1.807, 2.05) is 4.90 Å².